The highest BCUT2D eigenvalue weighted by Crippen LogP contribution is 2.18. The van der Waals surface area contributed by atoms with Crippen LogP contribution in [0.2, 0.25) is 0 Å². The van der Waals surface area contributed by atoms with E-state index >= 15 is 0 Å². The van der Waals surface area contributed by atoms with E-state index in [1.54, 1.807) is 6.08 Å². The Bertz CT molecular complexity index is 255. The highest BCUT2D eigenvalue weighted by Gasteiger charge is 2.20. The molecule has 0 spiro atoms. The van der Waals surface area contributed by atoms with Gasteiger partial charge in [0.1, 0.15) is 0 Å². The van der Waals surface area contributed by atoms with E-state index in [1.807, 2.05) is 13.1 Å². The maximum atomic E-state index is 11.2. The molecule has 0 aromatic carbocycles. The van der Waals surface area contributed by atoms with Crippen molar-refractivity contribution in [2.75, 3.05) is 6.54 Å². The van der Waals surface area contributed by atoms with Gasteiger partial charge in [-0.2, -0.15) is 0 Å². The predicted molar refractivity (Wildman–Crippen MR) is 59.0 cm³/mol. The number of nitrogens with zero attached hydrogens (tertiary/aromatic N) is 1. The molecule has 0 aromatic heterocycles. The maximum absolute atomic E-state index is 11.2. The highest BCUT2D eigenvalue weighted by atomic mass is 16.1. The minimum atomic E-state index is 0.251. The van der Waals surface area contributed by atoms with Crippen LogP contribution in [0.4, 0.5) is 0 Å². The summed E-state index contributed by atoms with van der Waals surface area (Å²) in [5, 5.41) is 0. The van der Waals surface area contributed by atoms with Crippen molar-refractivity contribution >= 4 is 5.78 Å². The second-order valence-electron chi connectivity index (χ2n) is 4.06. The third-order valence-electron chi connectivity index (χ3n) is 2.43. The number of rotatable bonds is 4. The van der Waals surface area contributed by atoms with Crippen molar-refractivity contribution in [2.24, 2.45) is 0 Å². The SMILES string of the molecule is C=C(C)CN1C=CC(=O)CC1CCC. The maximum Gasteiger partial charge on any atom is 0.159 e. The first kappa shape index (κ1) is 11.0. The number of ketones is 1. The highest BCUT2D eigenvalue weighted by molar-refractivity contribution is 5.90. The topological polar surface area (TPSA) is 20.3 Å². The lowest BCUT2D eigenvalue weighted by molar-refractivity contribution is -0.116. The van der Waals surface area contributed by atoms with Crippen molar-refractivity contribution in [3.05, 3.63) is 24.4 Å². The summed E-state index contributed by atoms with van der Waals surface area (Å²) in [5.41, 5.74) is 1.14. The molecule has 0 aromatic rings. The second-order valence-corrected chi connectivity index (χ2v) is 4.06. The van der Waals surface area contributed by atoms with Gasteiger partial charge < -0.3 is 4.90 Å². The molecule has 0 saturated carbocycles. The van der Waals surface area contributed by atoms with E-state index in [9.17, 15) is 4.79 Å². The zero-order valence-corrected chi connectivity index (χ0v) is 9.12. The Hall–Kier alpha value is -1.05. The normalized spacial score (nSPS) is 21.4. The molecule has 1 rings (SSSR count). The van der Waals surface area contributed by atoms with Crippen molar-refractivity contribution in [2.45, 2.75) is 39.2 Å². The fraction of sp³-hybridized carbons (Fsp3) is 0.583. The molecule has 14 heavy (non-hydrogen) atoms. The van der Waals surface area contributed by atoms with Crippen LogP contribution < -0.4 is 0 Å². The van der Waals surface area contributed by atoms with Crippen LogP contribution in [0.15, 0.2) is 24.4 Å². The number of allylic oxidation sites excluding steroid dienone is 1. The van der Waals surface area contributed by atoms with Crippen molar-refractivity contribution in [3.63, 3.8) is 0 Å². The third-order valence-corrected chi connectivity index (χ3v) is 2.43. The van der Waals surface area contributed by atoms with Crippen molar-refractivity contribution < 1.29 is 4.79 Å². The Morgan fingerprint density at radius 1 is 1.71 bits per heavy atom. The Kier molecular flexibility index (Phi) is 3.93. The van der Waals surface area contributed by atoms with Crippen molar-refractivity contribution in [1.82, 2.24) is 4.90 Å². The summed E-state index contributed by atoms with van der Waals surface area (Å²) in [5.74, 6) is 0.251. The van der Waals surface area contributed by atoms with Gasteiger partial charge in [-0.05, 0) is 19.4 Å². The Labute approximate surface area is 86.3 Å². The van der Waals surface area contributed by atoms with Gasteiger partial charge >= 0.3 is 0 Å². The van der Waals surface area contributed by atoms with Gasteiger partial charge in [0.05, 0.1) is 0 Å². The number of hydrogen-bond acceptors (Lipinski definition) is 2. The summed E-state index contributed by atoms with van der Waals surface area (Å²) in [4.78, 5) is 13.5. The van der Waals surface area contributed by atoms with Crippen LogP contribution in [0.1, 0.15) is 33.1 Å². The first-order valence-corrected chi connectivity index (χ1v) is 5.24. The van der Waals surface area contributed by atoms with E-state index in [-0.39, 0.29) is 5.78 Å². The largest absolute Gasteiger partial charge is 0.370 e. The van der Waals surface area contributed by atoms with E-state index in [4.69, 9.17) is 0 Å². The molecule has 1 unspecified atom stereocenters. The lowest BCUT2D eigenvalue weighted by Crippen LogP contribution is -2.36. The Morgan fingerprint density at radius 2 is 2.43 bits per heavy atom. The van der Waals surface area contributed by atoms with E-state index < -0.39 is 0 Å². The van der Waals surface area contributed by atoms with Gasteiger partial charge in [0.25, 0.3) is 0 Å². The van der Waals surface area contributed by atoms with Gasteiger partial charge in [0.15, 0.2) is 5.78 Å². The zero-order chi connectivity index (χ0) is 10.6. The van der Waals surface area contributed by atoms with Gasteiger partial charge in [0.2, 0.25) is 0 Å². The first-order valence-electron chi connectivity index (χ1n) is 5.24. The number of carbonyl (C=O) groups excluding carboxylic acids is 1. The molecule has 0 aliphatic carbocycles. The molecule has 1 atom stereocenters. The van der Waals surface area contributed by atoms with Gasteiger partial charge in [-0.1, -0.05) is 25.5 Å². The minimum absolute atomic E-state index is 0.251. The molecular weight excluding hydrogens is 174 g/mol. The fourth-order valence-electron chi connectivity index (χ4n) is 1.81. The van der Waals surface area contributed by atoms with Crippen molar-refractivity contribution in [3.8, 4) is 0 Å². The smallest absolute Gasteiger partial charge is 0.159 e. The fourth-order valence-corrected chi connectivity index (χ4v) is 1.81. The van der Waals surface area contributed by atoms with Gasteiger partial charge in [-0.25, -0.2) is 0 Å². The Balaban J connectivity index is 2.63. The monoisotopic (exact) mass is 193 g/mol. The molecule has 0 saturated heterocycles. The molecule has 0 amide bonds. The van der Waals surface area contributed by atoms with Gasteiger partial charge in [0, 0.05) is 25.2 Å². The summed E-state index contributed by atoms with van der Waals surface area (Å²) in [6, 6.07) is 0.384. The standard InChI is InChI=1S/C12H19NO/c1-4-5-11-8-12(14)6-7-13(11)9-10(2)3/h6-7,11H,2,4-5,8-9H2,1,3H3. The average Bonchev–Trinajstić information content (AvgIpc) is 2.09. The summed E-state index contributed by atoms with van der Waals surface area (Å²) < 4.78 is 0. The van der Waals surface area contributed by atoms with E-state index in [0.29, 0.717) is 12.5 Å². The van der Waals surface area contributed by atoms with E-state index in [0.717, 1.165) is 25.0 Å². The van der Waals surface area contributed by atoms with Crippen molar-refractivity contribution in [1.29, 1.82) is 0 Å². The molecule has 2 nitrogen and oxygen atoms in total. The average molecular weight is 193 g/mol. The molecule has 78 valence electrons. The molecule has 1 heterocycles. The van der Waals surface area contributed by atoms with Gasteiger partial charge in [-0.3, -0.25) is 4.79 Å². The molecule has 1 aliphatic rings. The molecule has 0 fully saturated rings. The van der Waals surface area contributed by atoms with E-state index in [2.05, 4.69) is 18.4 Å². The van der Waals surface area contributed by atoms with Crippen LogP contribution in [-0.2, 0) is 4.79 Å². The van der Waals surface area contributed by atoms with Crippen LogP contribution >= 0.6 is 0 Å². The lowest BCUT2D eigenvalue weighted by Gasteiger charge is -2.32. The van der Waals surface area contributed by atoms with Crippen LogP contribution in [0.25, 0.3) is 0 Å². The van der Waals surface area contributed by atoms with Crippen LogP contribution in [0.3, 0.4) is 0 Å². The molecule has 0 radical (unpaired) electrons. The number of hydrogen-bond donors (Lipinski definition) is 0. The van der Waals surface area contributed by atoms with Gasteiger partial charge in [-0.15, -0.1) is 0 Å². The second kappa shape index (κ2) is 4.99. The van der Waals surface area contributed by atoms with E-state index in [1.165, 1.54) is 0 Å². The molecule has 1 aliphatic heterocycles. The summed E-state index contributed by atoms with van der Waals surface area (Å²) in [7, 11) is 0. The molecule has 2 heteroatoms. The summed E-state index contributed by atoms with van der Waals surface area (Å²) in [6.45, 7) is 8.95. The number of carbonyl (C=O) groups is 1. The van der Waals surface area contributed by atoms with Crippen LogP contribution in [-0.4, -0.2) is 23.3 Å². The quantitative estimate of drug-likeness (QED) is 0.639. The minimum Gasteiger partial charge on any atom is -0.370 e. The lowest BCUT2D eigenvalue weighted by atomic mass is 10.0. The molecular formula is C12H19NO. The molecule has 0 bridgehead atoms. The Morgan fingerprint density at radius 3 is 3.00 bits per heavy atom. The zero-order valence-electron chi connectivity index (χ0n) is 9.12. The third kappa shape index (κ3) is 3.02. The predicted octanol–water partition coefficient (Wildman–Crippen LogP) is 2.52. The first-order chi connectivity index (χ1) is 6.63. The molecule has 0 N–H and O–H groups in total. The summed E-state index contributed by atoms with van der Waals surface area (Å²) >= 11 is 0. The van der Waals surface area contributed by atoms with Crippen LogP contribution in [0.5, 0.6) is 0 Å². The summed E-state index contributed by atoms with van der Waals surface area (Å²) in [6.07, 6.45) is 6.47. The van der Waals surface area contributed by atoms with Crippen LogP contribution in [0, 0.1) is 0 Å².